The Hall–Kier alpha value is -4.03. The lowest BCUT2D eigenvalue weighted by Crippen LogP contribution is -2.33. The fourth-order valence-corrected chi connectivity index (χ4v) is 7.04. The van der Waals surface area contributed by atoms with Crippen molar-refractivity contribution >= 4 is 51.5 Å². The summed E-state index contributed by atoms with van der Waals surface area (Å²) in [5.74, 6) is 0.110. The van der Waals surface area contributed by atoms with Gasteiger partial charge in [0.05, 0.1) is 25.7 Å². The molecule has 1 saturated heterocycles. The molecule has 266 valence electrons. The molecule has 50 heavy (non-hydrogen) atoms. The first-order chi connectivity index (χ1) is 24.2. The molecule has 1 unspecified atom stereocenters. The minimum absolute atomic E-state index is 0.0274. The number of amides is 1. The number of carbonyl (C=O) groups excluding carboxylic acids is 3. The summed E-state index contributed by atoms with van der Waals surface area (Å²) in [7, 11) is 1.55. The number of nitrogens with one attached hydrogen (secondary N) is 1. The van der Waals surface area contributed by atoms with Crippen molar-refractivity contribution in [1.82, 2.24) is 14.8 Å². The number of nitrogens with zero attached hydrogens (tertiary/aromatic N) is 2. The van der Waals surface area contributed by atoms with Crippen LogP contribution in [0.5, 0.6) is 11.5 Å². The maximum absolute atomic E-state index is 13.5. The van der Waals surface area contributed by atoms with E-state index in [1.54, 1.807) is 61.1 Å². The lowest BCUT2D eigenvalue weighted by Gasteiger charge is -2.26. The molecular formula is C38H44ClN3O7S. The Kier molecular flexibility index (Phi) is 13.6. The molecule has 0 spiro atoms. The summed E-state index contributed by atoms with van der Waals surface area (Å²) >= 11 is 4.50. The molecule has 5 rings (SSSR count). The zero-order chi connectivity index (χ0) is 35.5. The Balaban J connectivity index is 1.04. The Morgan fingerprint density at radius 2 is 1.74 bits per heavy atom. The number of piperidine rings is 1. The van der Waals surface area contributed by atoms with E-state index < -0.39 is 17.1 Å². The molecule has 10 nitrogen and oxygen atoms in total. The normalized spacial score (nSPS) is 13.9. The number of rotatable bonds is 16. The van der Waals surface area contributed by atoms with Crippen molar-refractivity contribution in [2.24, 2.45) is 0 Å². The summed E-state index contributed by atoms with van der Waals surface area (Å²) < 4.78 is 30.8. The van der Waals surface area contributed by atoms with E-state index in [2.05, 4.69) is 22.3 Å². The van der Waals surface area contributed by atoms with Gasteiger partial charge in [0.25, 0.3) is 11.8 Å². The number of carbonyl (C=O) groups is 3. The van der Waals surface area contributed by atoms with E-state index >= 15 is 0 Å². The van der Waals surface area contributed by atoms with Gasteiger partial charge >= 0.3 is 5.97 Å². The summed E-state index contributed by atoms with van der Waals surface area (Å²) in [5, 5.41) is 3.99. The van der Waals surface area contributed by atoms with E-state index in [0.29, 0.717) is 58.1 Å². The molecule has 0 saturated carbocycles. The molecule has 1 aliphatic heterocycles. The predicted molar refractivity (Wildman–Crippen MR) is 196 cm³/mol. The van der Waals surface area contributed by atoms with Crippen LogP contribution in [0.25, 0.3) is 10.9 Å². The fraction of sp³-hybridized carbons (Fsp3) is 0.395. The molecule has 1 fully saturated rings. The molecule has 1 N–H and O–H groups in total. The van der Waals surface area contributed by atoms with Gasteiger partial charge < -0.3 is 24.1 Å². The molecule has 1 aliphatic rings. The number of likely N-dealkylation sites (tertiary alicyclic amines) is 1. The minimum atomic E-state index is -1.51. The quantitative estimate of drug-likeness (QED) is 0.0888. The number of ether oxygens (including phenoxy) is 3. The number of fused-ring (bicyclic) bond motifs is 1. The first-order valence-corrected chi connectivity index (χ1v) is 18.8. The fourth-order valence-electron chi connectivity index (χ4n) is 6.11. The standard InChI is InChI=1S/C38H44ClN3O7S/c1-27-33(34-23-31(47-2)14-15-35(34)42(27)38(45)29-10-12-30(39)13-11-29)24-37(44)49-20-21-50(46)26-36(43)40-16-7-19-48-32-9-6-8-28(22-32)25-41-17-4-3-5-18-41/h6,8-15,22-23H,3-5,7,16-21,24-26H2,1-2H3,(H,40,43). The molecule has 0 bridgehead atoms. The van der Waals surface area contributed by atoms with Gasteiger partial charge in [0.2, 0.25) is 0 Å². The van der Waals surface area contributed by atoms with Crippen molar-refractivity contribution in [3.05, 3.63) is 94.1 Å². The molecule has 0 radical (unpaired) electrons. The van der Waals surface area contributed by atoms with E-state index in [1.807, 2.05) is 12.1 Å². The van der Waals surface area contributed by atoms with Crippen LogP contribution in [-0.2, 0) is 38.5 Å². The lowest BCUT2D eigenvalue weighted by molar-refractivity contribution is -0.142. The third-order valence-corrected chi connectivity index (χ3v) is 10.1. The second kappa shape index (κ2) is 18.3. The average Bonchev–Trinajstić information content (AvgIpc) is 3.38. The summed E-state index contributed by atoms with van der Waals surface area (Å²) in [6.45, 7) is 5.73. The van der Waals surface area contributed by atoms with Crippen LogP contribution in [0.1, 0.15) is 52.9 Å². The zero-order valence-electron chi connectivity index (χ0n) is 28.6. The number of hydrogen-bond donors (Lipinski definition) is 1. The van der Waals surface area contributed by atoms with Gasteiger partial charge in [0.15, 0.2) is 5.75 Å². The highest BCUT2D eigenvalue weighted by Crippen LogP contribution is 2.31. The molecule has 2 heterocycles. The van der Waals surface area contributed by atoms with Gasteiger partial charge in [-0.15, -0.1) is 0 Å². The van der Waals surface area contributed by atoms with Gasteiger partial charge in [-0.05, 0) is 116 Å². The molecule has 0 aliphatic carbocycles. The minimum Gasteiger partial charge on any atom is -0.616 e. The first kappa shape index (κ1) is 37.2. The Morgan fingerprint density at radius 1 is 0.960 bits per heavy atom. The number of hydrogen-bond acceptors (Lipinski definition) is 8. The molecule has 12 heteroatoms. The van der Waals surface area contributed by atoms with E-state index in [-0.39, 0.29) is 36.3 Å². The highest BCUT2D eigenvalue weighted by molar-refractivity contribution is 7.92. The van der Waals surface area contributed by atoms with Gasteiger partial charge in [-0.2, -0.15) is 0 Å². The maximum Gasteiger partial charge on any atom is 0.310 e. The van der Waals surface area contributed by atoms with Crippen LogP contribution in [0.15, 0.2) is 66.7 Å². The van der Waals surface area contributed by atoms with Crippen LogP contribution in [-0.4, -0.2) is 83.3 Å². The SMILES string of the molecule is COc1ccc2c(c1)c(CC(=O)OCC[S+]([O-])CC(=O)NCCCOc1cccc(CN3CCCCC3)c1)c(C)n2C(=O)c1ccc(Cl)cc1. The maximum atomic E-state index is 13.5. The molecular weight excluding hydrogens is 678 g/mol. The monoisotopic (exact) mass is 721 g/mol. The van der Waals surface area contributed by atoms with Crippen molar-refractivity contribution in [3.8, 4) is 11.5 Å². The van der Waals surface area contributed by atoms with Crippen LogP contribution >= 0.6 is 11.6 Å². The summed E-state index contributed by atoms with van der Waals surface area (Å²) in [6, 6.07) is 20.1. The number of benzene rings is 3. The van der Waals surface area contributed by atoms with Crippen molar-refractivity contribution in [2.75, 3.05) is 51.5 Å². The van der Waals surface area contributed by atoms with Crippen molar-refractivity contribution < 1.29 is 33.1 Å². The predicted octanol–water partition coefficient (Wildman–Crippen LogP) is 5.71. The van der Waals surface area contributed by atoms with E-state index in [9.17, 15) is 18.9 Å². The smallest absolute Gasteiger partial charge is 0.310 e. The zero-order valence-corrected chi connectivity index (χ0v) is 30.2. The van der Waals surface area contributed by atoms with Crippen molar-refractivity contribution in [1.29, 1.82) is 0 Å². The van der Waals surface area contributed by atoms with Crippen LogP contribution in [0.4, 0.5) is 0 Å². The first-order valence-electron chi connectivity index (χ1n) is 16.9. The van der Waals surface area contributed by atoms with Crippen LogP contribution in [0.3, 0.4) is 0 Å². The summed E-state index contributed by atoms with van der Waals surface area (Å²) in [4.78, 5) is 41.2. The number of halogens is 1. The van der Waals surface area contributed by atoms with Gasteiger partial charge in [-0.3, -0.25) is 23.9 Å². The Labute approximate surface area is 301 Å². The van der Waals surface area contributed by atoms with Gasteiger partial charge in [0.1, 0.15) is 23.9 Å². The number of methoxy groups -OCH3 is 1. The second-order valence-electron chi connectivity index (χ2n) is 12.3. The third kappa shape index (κ3) is 10.3. The van der Waals surface area contributed by atoms with E-state index in [1.165, 1.54) is 24.8 Å². The molecule has 1 aromatic heterocycles. The lowest BCUT2D eigenvalue weighted by atomic mass is 10.1. The second-order valence-corrected chi connectivity index (χ2v) is 14.3. The average molecular weight is 722 g/mol. The third-order valence-electron chi connectivity index (χ3n) is 8.69. The van der Waals surface area contributed by atoms with E-state index in [4.69, 9.17) is 25.8 Å². The number of esters is 1. The highest BCUT2D eigenvalue weighted by atomic mass is 35.5. The topological polar surface area (TPSA) is 122 Å². The molecule has 3 aromatic carbocycles. The van der Waals surface area contributed by atoms with Gasteiger partial charge in [-0.1, -0.05) is 30.2 Å². The molecule has 4 aromatic rings. The van der Waals surface area contributed by atoms with Crippen LogP contribution < -0.4 is 14.8 Å². The van der Waals surface area contributed by atoms with Crippen molar-refractivity contribution in [2.45, 2.75) is 45.6 Å². The summed E-state index contributed by atoms with van der Waals surface area (Å²) in [6.07, 6.45) is 4.33. The Morgan fingerprint density at radius 3 is 2.50 bits per heavy atom. The van der Waals surface area contributed by atoms with Gasteiger partial charge in [-0.25, -0.2) is 0 Å². The van der Waals surface area contributed by atoms with E-state index in [0.717, 1.165) is 25.4 Å². The summed E-state index contributed by atoms with van der Waals surface area (Å²) in [5.41, 5.74) is 3.53. The largest absolute Gasteiger partial charge is 0.616 e. The molecule has 1 atom stereocenters. The van der Waals surface area contributed by atoms with Gasteiger partial charge in [0, 0.05) is 34.8 Å². The molecule has 1 amide bonds. The van der Waals surface area contributed by atoms with Crippen LogP contribution in [0, 0.1) is 6.92 Å². The van der Waals surface area contributed by atoms with Crippen LogP contribution in [0.2, 0.25) is 5.02 Å². The van der Waals surface area contributed by atoms with Crippen molar-refractivity contribution in [3.63, 3.8) is 0 Å². The highest BCUT2D eigenvalue weighted by Gasteiger charge is 2.23. The Bertz CT molecular complexity index is 1770. The number of aromatic nitrogens is 1.